The predicted octanol–water partition coefficient (Wildman–Crippen LogP) is 3.79. The third-order valence-corrected chi connectivity index (χ3v) is 4.67. The minimum Gasteiger partial charge on any atom is -0.497 e. The van der Waals surface area contributed by atoms with E-state index in [9.17, 15) is 14.9 Å². The number of para-hydroxylation sites is 2. The Balaban J connectivity index is 1.59. The van der Waals surface area contributed by atoms with Crippen LogP contribution >= 0.6 is 11.8 Å². The Bertz CT molecular complexity index is 978. The van der Waals surface area contributed by atoms with E-state index < -0.39 is 4.92 Å². The van der Waals surface area contributed by atoms with E-state index in [1.54, 1.807) is 25.3 Å². The van der Waals surface area contributed by atoms with Crippen molar-refractivity contribution in [2.45, 2.75) is 5.03 Å². The first-order valence-electron chi connectivity index (χ1n) is 8.21. The lowest BCUT2D eigenvalue weighted by Gasteiger charge is -2.06. The molecule has 0 bridgehead atoms. The summed E-state index contributed by atoms with van der Waals surface area (Å²) in [5.74, 6) is 0.455. The van der Waals surface area contributed by atoms with Crippen molar-refractivity contribution in [3.63, 3.8) is 0 Å². The Kier molecular flexibility index (Phi) is 6.18. The highest BCUT2D eigenvalue weighted by Crippen LogP contribution is 2.25. The van der Waals surface area contributed by atoms with Gasteiger partial charge in [0.1, 0.15) is 16.5 Å². The van der Waals surface area contributed by atoms with Crippen LogP contribution in [0, 0.1) is 10.1 Å². The van der Waals surface area contributed by atoms with Crippen LogP contribution in [0.25, 0.3) is 11.3 Å². The smallest absolute Gasteiger partial charge is 0.292 e. The minimum atomic E-state index is -0.536. The number of anilines is 1. The van der Waals surface area contributed by atoms with E-state index >= 15 is 0 Å². The summed E-state index contributed by atoms with van der Waals surface area (Å²) < 4.78 is 5.13. The number of ether oxygens (including phenoxy) is 1. The maximum Gasteiger partial charge on any atom is 0.292 e. The first kappa shape index (κ1) is 19.3. The third-order valence-electron chi connectivity index (χ3n) is 3.75. The van der Waals surface area contributed by atoms with Gasteiger partial charge in [-0.05, 0) is 42.5 Å². The van der Waals surface area contributed by atoms with Gasteiger partial charge in [-0.15, -0.1) is 10.2 Å². The van der Waals surface area contributed by atoms with E-state index in [0.29, 0.717) is 10.7 Å². The highest BCUT2D eigenvalue weighted by molar-refractivity contribution is 7.99. The first-order chi connectivity index (χ1) is 13.6. The van der Waals surface area contributed by atoms with Gasteiger partial charge in [-0.3, -0.25) is 14.9 Å². The summed E-state index contributed by atoms with van der Waals surface area (Å²) >= 11 is 1.20. The molecule has 0 aliphatic heterocycles. The van der Waals surface area contributed by atoms with Crippen LogP contribution in [0.4, 0.5) is 11.4 Å². The molecule has 142 valence electrons. The second kappa shape index (κ2) is 8.96. The number of nitrogens with one attached hydrogen (secondary N) is 1. The zero-order valence-corrected chi connectivity index (χ0v) is 15.7. The fraction of sp³-hybridized carbons (Fsp3) is 0.105. The van der Waals surface area contributed by atoms with E-state index in [2.05, 4.69) is 15.5 Å². The molecule has 1 heterocycles. The minimum absolute atomic E-state index is 0.0581. The average molecular weight is 396 g/mol. The van der Waals surface area contributed by atoms with Crippen LogP contribution in [-0.2, 0) is 4.79 Å². The van der Waals surface area contributed by atoms with Crippen molar-refractivity contribution >= 4 is 29.0 Å². The van der Waals surface area contributed by atoms with Gasteiger partial charge in [0.15, 0.2) is 0 Å². The van der Waals surface area contributed by atoms with Gasteiger partial charge in [-0.2, -0.15) is 0 Å². The lowest BCUT2D eigenvalue weighted by molar-refractivity contribution is -0.383. The van der Waals surface area contributed by atoms with Crippen LogP contribution in [-0.4, -0.2) is 33.9 Å². The summed E-state index contributed by atoms with van der Waals surface area (Å²) in [6.45, 7) is 0. The Morgan fingerprint density at radius 2 is 1.86 bits per heavy atom. The molecule has 0 saturated heterocycles. The van der Waals surface area contributed by atoms with Gasteiger partial charge >= 0.3 is 0 Å². The zero-order valence-electron chi connectivity index (χ0n) is 14.9. The number of methoxy groups -OCH3 is 1. The number of rotatable bonds is 7. The fourth-order valence-corrected chi connectivity index (χ4v) is 2.99. The number of amides is 1. The van der Waals surface area contributed by atoms with Crippen molar-refractivity contribution in [3.8, 4) is 17.0 Å². The quantitative estimate of drug-likeness (QED) is 0.368. The van der Waals surface area contributed by atoms with E-state index in [1.807, 2.05) is 30.3 Å². The molecule has 1 amide bonds. The van der Waals surface area contributed by atoms with Crippen LogP contribution in [0.15, 0.2) is 65.7 Å². The molecule has 0 saturated carbocycles. The van der Waals surface area contributed by atoms with Gasteiger partial charge in [0.25, 0.3) is 5.69 Å². The number of aromatic nitrogens is 2. The normalized spacial score (nSPS) is 10.3. The van der Waals surface area contributed by atoms with Crippen molar-refractivity contribution in [3.05, 3.63) is 70.8 Å². The molecule has 28 heavy (non-hydrogen) atoms. The molecule has 0 atom stereocenters. The van der Waals surface area contributed by atoms with Crippen LogP contribution in [0.5, 0.6) is 5.75 Å². The second-order valence-corrected chi connectivity index (χ2v) is 6.59. The van der Waals surface area contributed by atoms with Crippen molar-refractivity contribution in [1.29, 1.82) is 0 Å². The summed E-state index contributed by atoms with van der Waals surface area (Å²) in [6, 6.07) is 17.0. The second-order valence-electron chi connectivity index (χ2n) is 5.60. The van der Waals surface area contributed by atoms with Crippen LogP contribution in [0.1, 0.15) is 0 Å². The van der Waals surface area contributed by atoms with Gasteiger partial charge in [0.2, 0.25) is 5.91 Å². The molecule has 0 fully saturated rings. The topological polar surface area (TPSA) is 107 Å². The number of nitro groups is 1. The maximum atomic E-state index is 12.1. The van der Waals surface area contributed by atoms with Crippen LogP contribution in [0.3, 0.4) is 0 Å². The van der Waals surface area contributed by atoms with Crippen molar-refractivity contribution in [2.24, 2.45) is 0 Å². The first-order valence-corrected chi connectivity index (χ1v) is 9.19. The number of benzene rings is 2. The summed E-state index contributed by atoms with van der Waals surface area (Å²) in [5.41, 5.74) is 1.62. The fourth-order valence-electron chi connectivity index (χ4n) is 2.38. The van der Waals surface area contributed by atoms with E-state index in [1.165, 1.54) is 23.9 Å². The van der Waals surface area contributed by atoms with E-state index in [0.717, 1.165) is 11.3 Å². The number of nitrogens with zero attached hydrogens (tertiary/aromatic N) is 3. The largest absolute Gasteiger partial charge is 0.497 e. The molecule has 0 aliphatic rings. The number of thioether (sulfide) groups is 1. The molecule has 1 aromatic heterocycles. The molecule has 3 aromatic rings. The average Bonchev–Trinajstić information content (AvgIpc) is 2.73. The monoisotopic (exact) mass is 396 g/mol. The standard InChI is InChI=1S/C19H16N4O4S/c1-27-14-8-6-13(7-9-14)15-10-11-19(22-21-15)28-12-18(24)20-16-4-2-3-5-17(16)23(25)26/h2-11H,12H2,1H3,(H,20,24). The van der Waals surface area contributed by atoms with Gasteiger partial charge < -0.3 is 10.1 Å². The number of carbonyl (C=O) groups is 1. The van der Waals surface area contributed by atoms with Crippen LogP contribution in [0.2, 0.25) is 0 Å². The molecule has 3 rings (SSSR count). The maximum absolute atomic E-state index is 12.1. The molecule has 0 spiro atoms. The highest BCUT2D eigenvalue weighted by Gasteiger charge is 2.15. The summed E-state index contributed by atoms with van der Waals surface area (Å²) in [4.78, 5) is 22.6. The highest BCUT2D eigenvalue weighted by atomic mass is 32.2. The third kappa shape index (κ3) is 4.83. The number of nitro benzene ring substituents is 1. The molecular weight excluding hydrogens is 380 g/mol. The molecule has 0 aliphatic carbocycles. The van der Waals surface area contributed by atoms with Crippen molar-refractivity contribution in [2.75, 3.05) is 18.2 Å². The van der Waals surface area contributed by atoms with Crippen LogP contribution < -0.4 is 10.1 Å². The zero-order chi connectivity index (χ0) is 19.9. The van der Waals surface area contributed by atoms with Gasteiger partial charge in [-0.25, -0.2) is 0 Å². The van der Waals surface area contributed by atoms with Gasteiger partial charge in [0, 0.05) is 11.6 Å². The van der Waals surface area contributed by atoms with E-state index in [-0.39, 0.29) is 23.0 Å². The Morgan fingerprint density at radius 1 is 1.11 bits per heavy atom. The Labute approximate surface area is 165 Å². The SMILES string of the molecule is COc1ccc(-c2ccc(SCC(=O)Nc3ccccc3[N+](=O)[O-])nn2)cc1. The molecule has 9 heteroatoms. The van der Waals surface area contributed by atoms with Gasteiger partial charge in [0.05, 0.1) is 23.5 Å². The lowest BCUT2D eigenvalue weighted by Crippen LogP contribution is -2.15. The lowest BCUT2D eigenvalue weighted by atomic mass is 10.1. The molecule has 2 aromatic carbocycles. The molecule has 0 radical (unpaired) electrons. The number of hydrogen-bond acceptors (Lipinski definition) is 7. The summed E-state index contributed by atoms with van der Waals surface area (Å²) in [6.07, 6.45) is 0. The van der Waals surface area contributed by atoms with Gasteiger partial charge in [-0.1, -0.05) is 23.9 Å². The predicted molar refractivity (Wildman–Crippen MR) is 106 cm³/mol. The Hall–Kier alpha value is -3.46. The molecular formula is C19H16N4O4S. The Morgan fingerprint density at radius 3 is 2.50 bits per heavy atom. The number of carbonyl (C=O) groups excluding carboxylic acids is 1. The summed E-state index contributed by atoms with van der Waals surface area (Å²) in [5, 5.41) is 22.4. The van der Waals surface area contributed by atoms with E-state index in [4.69, 9.17) is 4.74 Å². The number of hydrogen-bond donors (Lipinski definition) is 1. The molecule has 0 unspecified atom stereocenters. The van der Waals surface area contributed by atoms with Crippen molar-refractivity contribution in [1.82, 2.24) is 10.2 Å². The molecule has 8 nitrogen and oxygen atoms in total. The molecule has 1 N–H and O–H groups in total. The summed E-state index contributed by atoms with van der Waals surface area (Å²) in [7, 11) is 1.60. The van der Waals surface area contributed by atoms with Crippen molar-refractivity contribution < 1.29 is 14.5 Å².